The average Bonchev–Trinajstić information content (AvgIpc) is 2.49. The van der Waals surface area contributed by atoms with E-state index >= 15 is 0 Å². The molecule has 0 saturated heterocycles. The van der Waals surface area contributed by atoms with Crippen molar-refractivity contribution in [3.8, 4) is 11.5 Å². The molecule has 0 bridgehead atoms. The zero-order valence-electron chi connectivity index (χ0n) is 12.4. The molecule has 0 aliphatic carbocycles. The molecule has 21 heavy (non-hydrogen) atoms. The molecule has 0 spiro atoms. The third-order valence-electron chi connectivity index (χ3n) is 3.33. The van der Waals surface area contributed by atoms with Crippen LogP contribution in [0.5, 0.6) is 11.5 Å². The maximum atomic E-state index is 12.6. The Morgan fingerprint density at radius 1 is 1.14 bits per heavy atom. The fraction of sp³-hybridized carbons (Fsp3) is 0.333. The Bertz CT molecular complexity index is 748. The van der Waals surface area contributed by atoms with Gasteiger partial charge >= 0.3 is 5.97 Å². The number of carbonyl (C=O) groups excluding carboxylic acids is 1. The predicted molar refractivity (Wildman–Crippen MR) is 78.1 cm³/mol. The molecule has 0 fully saturated rings. The maximum absolute atomic E-state index is 12.6. The largest absolute Gasteiger partial charge is 0.497 e. The summed E-state index contributed by atoms with van der Waals surface area (Å²) in [5.41, 5.74) is 0.364. The van der Waals surface area contributed by atoms with Crippen molar-refractivity contribution in [2.75, 3.05) is 21.3 Å². The molecule has 6 nitrogen and oxygen atoms in total. The van der Waals surface area contributed by atoms with E-state index in [9.17, 15) is 9.59 Å². The lowest BCUT2D eigenvalue weighted by atomic mass is 10.1. The van der Waals surface area contributed by atoms with Crippen molar-refractivity contribution in [3.05, 3.63) is 34.2 Å². The van der Waals surface area contributed by atoms with Crippen LogP contribution >= 0.6 is 0 Å². The first-order valence-electron chi connectivity index (χ1n) is 6.34. The molecule has 1 aromatic heterocycles. The standard InChI is InChI=1S/C15H17NO5/c1-9-5-10-6-11(19-2)7-12(20-3)14(10)15(18)16(9)8-13(17)21-4/h5-7H,8H2,1-4H3. The Morgan fingerprint density at radius 2 is 1.86 bits per heavy atom. The van der Waals surface area contributed by atoms with Gasteiger partial charge in [0.25, 0.3) is 5.56 Å². The molecule has 0 saturated carbocycles. The van der Waals surface area contributed by atoms with Crippen LogP contribution in [0.15, 0.2) is 23.0 Å². The average molecular weight is 291 g/mol. The minimum Gasteiger partial charge on any atom is -0.497 e. The van der Waals surface area contributed by atoms with Gasteiger partial charge in [0.1, 0.15) is 18.0 Å². The number of carbonyl (C=O) groups is 1. The molecule has 0 amide bonds. The number of rotatable bonds is 4. The Labute approximate surface area is 121 Å². The number of hydrogen-bond acceptors (Lipinski definition) is 5. The molecule has 0 aliphatic heterocycles. The van der Waals surface area contributed by atoms with E-state index in [0.717, 1.165) is 0 Å². The van der Waals surface area contributed by atoms with Crippen molar-refractivity contribution in [3.63, 3.8) is 0 Å². The summed E-state index contributed by atoms with van der Waals surface area (Å²) in [6, 6.07) is 5.21. The van der Waals surface area contributed by atoms with E-state index in [4.69, 9.17) is 9.47 Å². The number of pyridine rings is 1. The van der Waals surface area contributed by atoms with Gasteiger partial charge in [-0.2, -0.15) is 0 Å². The Morgan fingerprint density at radius 3 is 2.43 bits per heavy atom. The second-order valence-corrected chi connectivity index (χ2v) is 4.55. The van der Waals surface area contributed by atoms with Crippen LogP contribution in [0, 0.1) is 6.92 Å². The summed E-state index contributed by atoms with van der Waals surface area (Å²) >= 11 is 0. The maximum Gasteiger partial charge on any atom is 0.325 e. The molecule has 2 aromatic rings. The molecular weight excluding hydrogens is 274 g/mol. The number of fused-ring (bicyclic) bond motifs is 1. The number of ether oxygens (including phenoxy) is 3. The molecule has 0 radical (unpaired) electrons. The molecule has 0 aliphatic rings. The van der Waals surface area contributed by atoms with Crippen LogP contribution in [0.2, 0.25) is 0 Å². The molecule has 1 heterocycles. The highest BCUT2D eigenvalue weighted by Crippen LogP contribution is 2.29. The van der Waals surface area contributed by atoms with Gasteiger partial charge < -0.3 is 18.8 Å². The number of methoxy groups -OCH3 is 3. The highest BCUT2D eigenvalue weighted by atomic mass is 16.5. The second kappa shape index (κ2) is 5.87. The van der Waals surface area contributed by atoms with Crippen molar-refractivity contribution in [2.45, 2.75) is 13.5 Å². The van der Waals surface area contributed by atoms with Crippen LogP contribution in [0.3, 0.4) is 0 Å². The van der Waals surface area contributed by atoms with Gasteiger partial charge in [-0.1, -0.05) is 0 Å². The van der Waals surface area contributed by atoms with Crippen molar-refractivity contribution in [1.82, 2.24) is 4.57 Å². The van der Waals surface area contributed by atoms with Crippen LogP contribution in [0.25, 0.3) is 10.8 Å². The van der Waals surface area contributed by atoms with Gasteiger partial charge in [-0.15, -0.1) is 0 Å². The van der Waals surface area contributed by atoms with E-state index in [1.807, 2.05) is 6.07 Å². The summed E-state index contributed by atoms with van der Waals surface area (Å²) in [4.78, 5) is 24.1. The van der Waals surface area contributed by atoms with Crippen molar-refractivity contribution >= 4 is 16.7 Å². The van der Waals surface area contributed by atoms with Gasteiger partial charge in [0.2, 0.25) is 0 Å². The lowest BCUT2D eigenvalue weighted by Crippen LogP contribution is -2.27. The normalized spacial score (nSPS) is 10.5. The zero-order valence-corrected chi connectivity index (χ0v) is 12.4. The number of aromatic nitrogens is 1. The van der Waals surface area contributed by atoms with Crippen LogP contribution in [0.1, 0.15) is 5.69 Å². The number of hydrogen-bond donors (Lipinski definition) is 0. The molecule has 112 valence electrons. The van der Waals surface area contributed by atoms with E-state index in [1.165, 1.54) is 18.8 Å². The molecule has 0 unspecified atom stereocenters. The lowest BCUT2D eigenvalue weighted by Gasteiger charge is -2.13. The molecule has 1 aromatic carbocycles. The number of aryl methyl sites for hydroxylation is 1. The van der Waals surface area contributed by atoms with E-state index in [0.29, 0.717) is 28.0 Å². The fourth-order valence-electron chi connectivity index (χ4n) is 2.22. The van der Waals surface area contributed by atoms with E-state index < -0.39 is 5.97 Å². The Hall–Kier alpha value is -2.50. The monoisotopic (exact) mass is 291 g/mol. The predicted octanol–water partition coefficient (Wildman–Crippen LogP) is 1.50. The van der Waals surface area contributed by atoms with Crippen LogP contribution in [0.4, 0.5) is 0 Å². The summed E-state index contributed by atoms with van der Waals surface area (Å²) in [5.74, 6) is 0.531. The van der Waals surface area contributed by atoms with Crippen LogP contribution in [-0.2, 0) is 16.1 Å². The molecule has 6 heteroatoms. The highest BCUT2D eigenvalue weighted by molar-refractivity contribution is 5.89. The van der Waals surface area contributed by atoms with Gasteiger partial charge in [-0.25, -0.2) is 0 Å². The lowest BCUT2D eigenvalue weighted by molar-refractivity contribution is -0.141. The first-order valence-corrected chi connectivity index (χ1v) is 6.34. The van der Waals surface area contributed by atoms with E-state index in [-0.39, 0.29) is 12.1 Å². The van der Waals surface area contributed by atoms with E-state index in [1.54, 1.807) is 26.2 Å². The summed E-state index contributed by atoms with van der Waals surface area (Å²) < 4.78 is 16.4. The van der Waals surface area contributed by atoms with Gasteiger partial charge in [-0.3, -0.25) is 9.59 Å². The third-order valence-corrected chi connectivity index (χ3v) is 3.33. The van der Waals surface area contributed by atoms with E-state index in [2.05, 4.69) is 4.74 Å². The van der Waals surface area contributed by atoms with Crippen molar-refractivity contribution in [2.24, 2.45) is 0 Å². The topological polar surface area (TPSA) is 66.8 Å². The smallest absolute Gasteiger partial charge is 0.325 e. The minimum absolute atomic E-state index is 0.133. The summed E-state index contributed by atoms with van der Waals surface area (Å²) in [5, 5.41) is 1.11. The third kappa shape index (κ3) is 2.69. The van der Waals surface area contributed by atoms with Gasteiger partial charge in [0, 0.05) is 11.8 Å². The Balaban J connectivity index is 2.75. The molecule has 0 atom stereocenters. The Kier molecular flexibility index (Phi) is 4.16. The number of nitrogens with zero attached hydrogens (tertiary/aromatic N) is 1. The van der Waals surface area contributed by atoms with Crippen LogP contribution in [-0.4, -0.2) is 31.9 Å². The first-order chi connectivity index (χ1) is 10.0. The summed E-state index contributed by atoms with van der Waals surface area (Å²) in [7, 11) is 4.32. The molecule has 0 N–H and O–H groups in total. The van der Waals surface area contributed by atoms with Crippen molar-refractivity contribution in [1.29, 1.82) is 0 Å². The number of esters is 1. The zero-order chi connectivity index (χ0) is 15.6. The van der Waals surface area contributed by atoms with Gasteiger partial charge in [0.15, 0.2) is 0 Å². The fourth-order valence-corrected chi connectivity index (χ4v) is 2.22. The van der Waals surface area contributed by atoms with Crippen molar-refractivity contribution < 1.29 is 19.0 Å². The number of benzene rings is 1. The second-order valence-electron chi connectivity index (χ2n) is 4.55. The summed E-state index contributed by atoms with van der Waals surface area (Å²) in [6.07, 6.45) is 0. The van der Waals surface area contributed by atoms with Gasteiger partial charge in [-0.05, 0) is 24.4 Å². The van der Waals surface area contributed by atoms with Gasteiger partial charge in [0.05, 0.1) is 26.7 Å². The molecular formula is C15H17NO5. The van der Waals surface area contributed by atoms with Crippen LogP contribution < -0.4 is 15.0 Å². The highest BCUT2D eigenvalue weighted by Gasteiger charge is 2.15. The first kappa shape index (κ1) is 14.9. The summed E-state index contributed by atoms with van der Waals surface area (Å²) in [6.45, 7) is 1.63. The molecule has 2 rings (SSSR count). The SMILES string of the molecule is COC(=O)Cn1c(C)cc2cc(OC)cc(OC)c2c1=O. The minimum atomic E-state index is -0.480. The quantitative estimate of drug-likeness (QED) is 0.799.